The van der Waals surface area contributed by atoms with E-state index >= 15 is 0 Å². The van der Waals surface area contributed by atoms with E-state index in [2.05, 4.69) is 5.32 Å². The maximum Gasteiger partial charge on any atom is 0.243 e. The highest BCUT2D eigenvalue weighted by Gasteiger charge is 2.31. The number of carbonyl (C=O) groups excluding carboxylic acids is 1. The Labute approximate surface area is 143 Å². The molecule has 0 aromatic heterocycles. The van der Waals surface area contributed by atoms with Crippen LogP contribution in [0.2, 0.25) is 0 Å². The molecule has 0 unspecified atom stereocenters. The molecule has 1 saturated heterocycles. The van der Waals surface area contributed by atoms with Crippen molar-refractivity contribution in [2.24, 2.45) is 0 Å². The van der Waals surface area contributed by atoms with Gasteiger partial charge in [-0.3, -0.25) is 4.79 Å². The van der Waals surface area contributed by atoms with Crippen molar-refractivity contribution in [1.82, 2.24) is 14.5 Å². The molecule has 24 heavy (non-hydrogen) atoms. The Morgan fingerprint density at radius 3 is 2.54 bits per heavy atom. The minimum atomic E-state index is -3.47. The van der Waals surface area contributed by atoms with E-state index in [4.69, 9.17) is 0 Å². The monoisotopic (exact) mass is 351 g/mol. The summed E-state index contributed by atoms with van der Waals surface area (Å²) in [6.07, 6.45) is 1.48. The number of benzene rings is 1. The highest BCUT2D eigenvalue weighted by Crippen LogP contribution is 2.24. The molecule has 0 aliphatic carbocycles. The van der Waals surface area contributed by atoms with Crippen molar-refractivity contribution in [1.29, 1.82) is 0 Å². The van der Waals surface area contributed by atoms with Crippen LogP contribution in [0.5, 0.6) is 0 Å². The molecular weight excluding hydrogens is 326 g/mol. The van der Waals surface area contributed by atoms with Gasteiger partial charge in [-0.05, 0) is 43.0 Å². The molecule has 2 aliphatic heterocycles. The summed E-state index contributed by atoms with van der Waals surface area (Å²) in [5, 5.41) is 3.22. The lowest BCUT2D eigenvalue weighted by molar-refractivity contribution is -0.128. The van der Waals surface area contributed by atoms with Crippen LogP contribution in [0, 0.1) is 0 Å². The SMILES string of the molecule is CC(=O)N1CCc2ccc(S(=O)(=O)N3CCNC[C@H]3C)cc2CC1. The third kappa shape index (κ3) is 3.34. The Morgan fingerprint density at radius 1 is 1.17 bits per heavy atom. The number of nitrogens with one attached hydrogen (secondary N) is 1. The summed E-state index contributed by atoms with van der Waals surface area (Å²) in [5.74, 6) is 0.0743. The fourth-order valence-electron chi connectivity index (χ4n) is 3.49. The number of fused-ring (bicyclic) bond motifs is 1. The molecule has 0 spiro atoms. The van der Waals surface area contributed by atoms with Gasteiger partial charge in [0.15, 0.2) is 0 Å². The van der Waals surface area contributed by atoms with Gasteiger partial charge in [-0.15, -0.1) is 0 Å². The van der Waals surface area contributed by atoms with Crippen LogP contribution in [0.15, 0.2) is 23.1 Å². The van der Waals surface area contributed by atoms with E-state index in [1.165, 1.54) is 0 Å². The second-order valence-corrected chi connectivity index (χ2v) is 8.50. The number of sulfonamides is 1. The van der Waals surface area contributed by atoms with Crippen LogP contribution < -0.4 is 5.32 Å². The fourth-order valence-corrected chi connectivity index (χ4v) is 5.17. The molecule has 1 aromatic carbocycles. The lowest BCUT2D eigenvalue weighted by Crippen LogP contribution is -2.52. The van der Waals surface area contributed by atoms with E-state index in [-0.39, 0.29) is 11.9 Å². The first-order valence-electron chi connectivity index (χ1n) is 8.49. The summed E-state index contributed by atoms with van der Waals surface area (Å²) in [6, 6.07) is 5.39. The van der Waals surface area contributed by atoms with Gasteiger partial charge in [0.25, 0.3) is 0 Å². The number of piperazine rings is 1. The molecule has 1 aromatic rings. The zero-order valence-corrected chi connectivity index (χ0v) is 15.1. The first-order valence-corrected chi connectivity index (χ1v) is 9.93. The van der Waals surface area contributed by atoms with E-state index in [1.54, 1.807) is 17.3 Å². The Morgan fingerprint density at radius 2 is 1.88 bits per heavy atom. The van der Waals surface area contributed by atoms with Gasteiger partial charge in [0, 0.05) is 45.7 Å². The number of rotatable bonds is 2. The summed E-state index contributed by atoms with van der Waals surface area (Å²) in [7, 11) is -3.47. The van der Waals surface area contributed by atoms with Crippen LogP contribution in [0.3, 0.4) is 0 Å². The lowest BCUT2D eigenvalue weighted by Gasteiger charge is -2.33. The lowest BCUT2D eigenvalue weighted by atomic mass is 10.0. The number of nitrogens with zero attached hydrogens (tertiary/aromatic N) is 2. The number of carbonyl (C=O) groups is 1. The molecule has 0 saturated carbocycles. The molecule has 1 N–H and O–H groups in total. The van der Waals surface area contributed by atoms with Crippen LogP contribution in [0.25, 0.3) is 0 Å². The largest absolute Gasteiger partial charge is 0.342 e. The average molecular weight is 351 g/mol. The predicted octanol–water partition coefficient (Wildman–Crippen LogP) is 0.616. The third-order valence-corrected chi connectivity index (χ3v) is 6.98. The molecule has 6 nitrogen and oxygen atoms in total. The van der Waals surface area contributed by atoms with Crippen molar-refractivity contribution in [2.75, 3.05) is 32.7 Å². The second kappa shape index (κ2) is 6.82. The highest BCUT2D eigenvalue weighted by atomic mass is 32.2. The van der Waals surface area contributed by atoms with Crippen molar-refractivity contribution in [2.45, 2.75) is 37.6 Å². The van der Waals surface area contributed by atoms with E-state index in [9.17, 15) is 13.2 Å². The van der Waals surface area contributed by atoms with Crippen LogP contribution in [0.4, 0.5) is 0 Å². The molecule has 1 atom stereocenters. The van der Waals surface area contributed by atoms with Crippen LogP contribution >= 0.6 is 0 Å². The molecule has 1 amide bonds. The minimum Gasteiger partial charge on any atom is -0.342 e. The fraction of sp³-hybridized carbons (Fsp3) is 0.588. The molecule has 2 aliphatic rings. The summed E-state index contributed by atoms with van der Waals surface area (Å²) in [4.78, 5) is 13.8. The van der Waals surface area contributed by atoms with Gasteiger partial charge in [-0.2, -0.15) is 4.31 Å². The van der Waals surface area contributed by atoms with Crippen LogP contribution in [0.1, 0.15) is 25.0 Å². The molecule has 2 heterocycles. The van der Waals surface area contributed by atoms with E-state index < -0.39 is 10.0 Å². The Hall–Kier alpha value is -1.44. The zero-order valence-electron chi connectivity index (χ0n) is 14.3. The minimum absolute atomic E-state index is 0.0456. The summed E-state index contributed by atoms with van der Waals surface area (Å²) < 4.78 is 27.5. The van der Waals surface area contributed by atoms with Crippen molar-refractivity contribution >= 4 is 15.9 Å². The van der Waals surface area contributed by atoms with Gasteiger partial charge < -0.3 is 10.2 Å². The second-order valence-electron chi connectivity index (χ2n) is 6.61. The van der Waals surface area contributed by atoms with E-state index in [0.29, 0.717) is 44.0 Å². The Kier molecular flexibility index (Phi) is 4.94. The molecule has 7 heteroatoms. The van der Waals surface area contributed by atoms with Crippen LogP contribution in [-0.4, -0.2) is 62.3 Å². The molecular formula is C17H25N3O3S. The van der Waals surface area contributed by atoms with E-state index in [1.807, 2.05) is 24.0 Å². The third-order valence-electron chi connectivity index (χ3n) is 4.97. The number of amides is 1. The zero-order chi connectivity index (χ0) is 17.3. The quantitative estimate of drug-likeness (QED) is 0.848. The topological polar surface area (TPSA) is 69.7 Å². The van der Waals surface area contributed by atoms with E-state index in [0.717, 1.165) is 17.5 Å². The standard InChI is InChI=1S/C17H25N3O3S/c1-13-12-18-7-10-20(13)24(22,23)17-4-3-15-5-8-19(14(2)21)9-6-16(15)11-17/h3-4,11,13,18H,5-10,12H2,1-2H3/t13-/m1/s1. The van der Waals surface area contributed by atoms with Gasteiger partial charge in [0.2, 0.25) is 15.9 Å². The van der Waals surface area contributed by atoms with Gasteiger partial charge in [0.05, 0.1) is 4.90 Å². The molecule has 3 rings (SSSR count). The van der Waals surface area contributed by atoms with Crippen molar-refractivity contribution < 1.29 is 13.2 Å². The molecule has 1 fully saturated rings. The first kappa shape index (κ1) is 17.4. The van der Waals surface area contributed by atoms with Crippen molar-refractivity contribution in [3.63, 3.8) is 0 Å². The molecule has 0 radical (unpaired) electrons. The number of hydrogen-bond acceptors (Lipinski definition) is 4. The van der Waals surface area contributed by atoms with Gasteiger partial charge in [0.1, 0.15) is 0 Å². The van der Waals surface area contributed by atoms with Gasteiger partial charge >= 0.3 is 0 Å². The normalized spacial score (nSPS) is 22.8. The number of hydrogen-bond donors (Lipinski definition) is 1. The van der Waals surface area contributed by atoms with Crippen molar-refractivity contribution in [3.05, 3.63) is 29.3 Å². The molecule has 0 bridgehead atoms. The maximum absolute atomic E-state index is 13.0. The van der Waals surface area contributed by atoms with Gasteiger partial charge in [-0.25, -0.2) is 8.42 Å². The Balaban J connectivity index is 1.88. The first-order chi connectivity index (χ1) is 11.4. The smallest absolute Gasteiger partial charge is 0.243 e. The summed E-state index contributed by atoms with van der Waals surface area (Å²) in [6.45, 7) is 6.72. The van der Waals surface area contributed by atoms with Crippen molar-refractivity contribution in [3.8, 4) is 0 Å². The maximum atomic E-state index is 13.0. The highest BCUT2D eigenvalue weighted by molar-refractivity contribution is 7.89. The Bertz CT molecular complexity index is 733. The average Bonchev–Trinajstić information content (AvgIpc) is 2.77. The summed E-state index contributed by atoms with van der Waals surface area (Å²) >= 11 is 0. The van der Waals surface area contributed by atoms with Crippen LogP contribution in [-0.2, 0) is 27.7 Å². The predicted molar refractivity (Wildman–Crippen MR) is 92.3 cm³/mol. The van der Waals surface area contributed by atoms with Gasteiger partial charge in [-0.1, -0.05) is 6.07 Å². The summed E-state index contributed by atoms with van der Waals surface area (Å²) in [5.41, 5.74) is 2.19. The molecule has 132 valence electrons.